The standard InChI is InChI=1S/C10H19I/c1-9(2)5-4-6-10(3)7-8-11/h5,10H,4,6-8H2,1-3H3/t10-/m0/s1. The molecule has 0 nitrogen and oxygen atoms in total. The van der Waals surface area contributed by atoms with Crippen LogP contribution in [0.15, 0.2) is 11.6 Å². The van der Waals surface area contributed by atoms with Gasteiger partial charge in [0, 0.05) is 0 Å². The number of alkyl halides is 1. The molecule has 0 aromatic carbocycles. The summed E-state index contributed by atoms with van der Waals surface area (Å²) in [6.07, 6.45) is 6.33. The summed E-state index contributed by atoms with van der Waals surface area (Å²) in [5, 5.41) is 0. The Morgan fingerprint density at radius 3 is 2.45 bits per heavy atom. The first-order valence-electron chi connectivity index (χ1n) is 4.36. The van der Waals surface area contributed by atoms with Crippen LogP contribution in [0.5, 0.6) is 0 Å². The van der Waals surface area contributed by atoms with E-state index in [4.69, 9.17) is 0 Å². The molecule has 0 unspecified atom stereocenters. The molecule has 0 saturated carbocycles. The highest BCUT2D eigenvalue weighted by atomic mass is 127. The molecule has 66 valence electrons. The Morgan fingerprint density at radius 1 is 1.36 bits per heavy atom. The summed E-state index contributed by atoms with van der Waals surface area (Å²) in [5.41, 5.74) is 1.45. The molecule has 0 fully saturated rings. The predicted octanol–water partition coefficient (Wildman–Crippen LogP) is 4.19. The van der Waals surface area contributed by atoms with Gasteiger partial charge in [0.15, 0.2) is 0 Å². The highest BCUT2D eigenvalue weighted by Crippen LogP contribution is 2.12. The Morgan fingerprint density at radius 2 is 2.00 bits per heavy atom. The molecule has 0 radical (unpaired) electrons. The fourth-order valence-corrected chi connectivity index (χ4v) is 2.05. The molecule has 11 heavy (non-hydrogen) atoms. The van der Waals surface area contributed by atoms with Crippen LogP contribution in [-0.4, -0.2) is 4.43 Å². The van der Waals surface area contributed by atoms with Crippen LogP contribution in [0.3, 0.4) is 0 Å². The van der Waals surface area contributed by atoms with Crippen LogP contribution in [0.2, 0.25) is 0 Å². The first kappa shape index (κ1) is 11.5. The quantitative estimate of drug-likeness (QED) is 0.397. The molecular weight excluding hydrogens is 247 g/mol. The minimum atomic E-state index is 0.905. The van der Waals surface area contributed by atoms with E-state index in [2.05, 4.69) is 49.4 Å². The fourth-order valence-electron chi connectivity index (χ4n) is 0.987. The molecule has 0 spiro atoms. The normalized spacial score (nSPS) is 12.7. The van der Waals surface area contributed by atoms with Crippen molar-refractivity contribution in [1.82, 2.24) is 0 Å². The van der Waals surface area contributed by atoms with Gasteiger partial charge in [-0.3, -0.25) is 0 Å². The number of halogens is 1. The van der Waals surface area contributed by atoms with Crippen molar-refractivity contribution in [1.29, 1.82) is 0 Å². The van der Waals surface area contributed by atoms with E-state index in [-0.39, 0.29) is 0 Å². The van der Waals surface area contributed by atoms with E-state index < -0.39 is 0 Å². The number of hydrogen-bond donors (Lipinski definition) is 0. The van der Waals surface area contributed by atoms with Crippen molar-refractivity contribution >= 4 is 22.6 Å². The zero-order valence-electron chi connectivity index (χ0n) is 7.86. The summed E-state index contributed by atoms with van der Waals surface area (Å²) >= 11 is 2.45. The van der Waals surface area contributed by atoms with Crippen LogP contribution in [0.4, 0.5) is 0 Å². The lowest BCUT2D eigenvalue weighted by Gasteiger charge is -2.06. The van der Waals surface area contributed by atoms with Gasteiger partial charge >= 0.3 is 0 Å². The van der Waals surface area contributed by atoms with Gasteiger partial charge in [0.2, 0.25) is 0 Å². The molecule has 1 heteroatoms. The Kier molecular flexibility index (Phi) is 7.44. The summed E-state index contributed by atoms with van der Waals surface area (Å²) in [4.78, 5) is 0. The second kappa shape index (κ2) is 7.14. The van der Waals surface area contributed by atoms with Crippen molar-refractivity contribution in [2.75, 3.05) is 4.43 Å². The average Bonchev–Trinajstić information content (AvgIpc) is 1.87. The fraction of sp³-hybridized carbons (Fsp3) is 0.800. The van der Waals surface area contributed by atoms with Gasteiger partial charge in [-0.1, -0.05) is 41.2 Å². The molecule has 0 aliphatic carbocycles. The predicted molar refractivity (Wildman–Crippen MR) is 61.3 cm³/mol. The molecule has 0 aliphatic rings. The maximum Gasteiger partial charge on any atom is -0.000219 e. The van der Waals surface area contributed by atoms with E-state index in [0.29, 0.717) is 0 Å². The van der Waals surface area contributed by atoms with Crippen LogP contribution in [0, 0.1) is 5.92 Å². The van der Waals surface area contributed by atoms with E-state index in [9.17, 15) is 0 Å². The van der Waals surface area contributed by atoms with Crippen molar-refractivity contribution < 1.29 is 0 Å². The second-order valence-corrected chi connectivity index (χ2v) is 4.52. The van der Waals surface area contributed by atoms with Gasteiger partial charge in [-0.25, -0.2) is 0 Å². The minimum Gasteiger partial charge on any atom is -0.0864 e. The molecule has 0 amide bonds. The molecule has 0 N–H and O–H groups in total. The Labute approximate surface area is 84.6 Å². The number of rotatable bonds is 5. The van der Waals surface area contributed by atoms with E-state index >= 15 is 0 Å². The van der Waals surface area contributed by atoms with Crippen LogP contribution >= 0.6 is 22.6 Å². The number of hydrogen-bond acceptors (Lipinski definition) is 0. The largest absolute Gasteiger partial charge is 0.0864 e. The molecule has 0 aromatic heterocycles. The molecule has 0 rings (SSSR count). The lowest BCUT2D eigenvalue weighted by Crippen LogP contribution is -1.93. The maximum absolute atomic E-state index is 2.45. The van der Waals surface area contributed by atoms with Crippen LogP contribution < -0.4 is 0 Å². The first-order chi connectivity index (χ1) is 5.16. The topological polar surface area (TPSA) is 0 Å². The van der Waals surface area contributed by atoms with E-state index in [0.717, 1.165) is 5.92 Å². The lowest BCUT2D eigenvalue weighted by molar-refractivity contribution is 0.528. The molecule has 1 atom stereocenters. The summed E-state index contributed by atoms with van der Waals surface area (Å²) in [5.74, 6) is 0.905. The second-order valence-electron chi connectivity index (χ2n) is 3.44. The third-order valence-electron chi connectivity index (χ3n) is 1.81. The highest BCUT2D eigenvalue weighted by molar-refractivity contribution is 14.1. The molecular formula is C10H19I. The van der Waals surface area contributed by atoms with Crippen molar-refractivity contribution in [2.45, 2.75) is 40.0 Å². The monoisotopic (exact) mass is 266 g/mol. The van der Waals surface area contributed by atoms with Crippen molar-refractivity contribution in [3.63, 3.8) is 0 Å². The summed E-state index contributed by atoms with van der Waals surface area (Å²) in [6.45, 7) is 6.68. The van der Waals surface area contributed by atoms with Gasteiger partial charge in [0.1, 0.15) is 0 Å². The third kappa shape index (κ3) is 8.38. The van der Waals surface area contributed by atoms with E-state index in [1.54, 1.807) is 0 Å². The van der Waals surface area contributed by atoms with Crippen molar-refractivity contribution in [2.24, 2.45) is 5.92 Å². The van der Waals surface area contributed by atoms with Gasteiger partial charge in [-0.05, 0) is 43.5 Å². The molecule has 0 heterocycles. The highest BCUT2D eigenvalue weighted by Gasteiger charge is 1.98. The van der Waals surface area contributed by atoms with Crippen LogP contribution in [0.1, 0.15) is 40.0 Å². The number of allylic oxidation sites excluding steroid dienone is 2. The van der Waals surface area contributed by atoms with Gasteiger partial charge < -0.3 is 0 Å². The molecule has 0 aliphatic heterocycles. The maximum atomic E-state index is 2.45. The van der Waals surface area contributed by atoms with E-state index in [1.165, 1.54) is 29.3 Å². The van der Waals surface area contributed by atoms with E-state index in [1.807, 2.05) is 0 Å². The minimum absolute atomic E-state index is 0.905. The van der Waals surface area contributed by atoms with Crippen LogP contribution in [-0.2, 0) is 0 Å². The van der Waals surface area contributed by atoms with Crippen LogP contribution in [0.25, 0.3) is 0 Å². The lowest BCUT2D eigenvalue weighted by atomic mass is 10.0. The van der Waals surface area contributed by atoms with Crippen molar-refractivity contribution in [3.05, 3.63) is 11.6 Å². The van der Waals surface area contributed by atoms with Gasteiger partial charge in [0.05, 0.1) is 0 Å². The van der Waals surface area contributed by atoms with Gasteiger partial charge in [-0.15, -0.1) is 0 Å². The third-order valence-corrected chi connectivity index (χ3v) is 2.44. The zero-order valence-corrected chi connectivity index (χ0v) is 10.0. The molecule has 0 saturated heterocycles. The summed E-state index contributed by atoms with van der Waals surface area (Å²) in [7, 11) is 0. The summed E-state index contributed by atoms with van der Waals surface area (Å²) < 4.78 is 1.30. The SMILES string of the molecule is CC(C)=CCC[C@H](C)CCI. The van der Waals surface area contributed by atoms with Crippen molar-refractivity contribution in [3.8, 4) is 0 Å². The Balaban J connectivity index is 3.31. The molecule has 0 aromatic rings. The first-order valence-corrected chi connectivity index (χ1v) is 5.88. The summed E-state index contributed by atoms with van der Waals surface area (Å²) in [6, 6.07) is 0. The molecule has 0 bridgehead atoms. The smallest absolute Gasteiger partial charge is 0.000219 e. The average molecular weight is 266 g/mol. The van der Waals surface area contributed by atoms with Gasteiger partial charge in [-0.2, -0.15) is 0 Å². The van der Waals surface area contributed by atoms with Gasteiger partial charge in [0.25, 0.3) is 0 Å². The Hall–Kier alpha value is 0.470. The zero-order chi connectivity index (χ0) is 8.69. The Bertz CT molecular complexity index is 112.